The summed E-state index contributed by atoms with van der Waals surface area (Å²) < 4.78 is 5.21. The summed E-state index contributed by atoms with van der Waals surface area (Å²) >= 11 is 0. The smallest absolute Gasteiger partial charge is 0.118 e. The van der Waals surface area contributed by atoms with Crippen molar-refractivity contribution in [2.45, 2.75) is 37.8 Å². The molecule has 1 aromatic rings. The number of likely N-dealkylation sites (N-methyl/N-ethyl adjacent to an activating group) is 2. The quantitative estimate of drug-likeness (QED) is 0.853. The number of ether oxygens (including phenoxy) is 1. The molecule has 2 rings (SSSR count). The maximum atomic E-state index is 5.21. The molecule has 1 fully saturated rings. The standard InChI is InChI=1S/C16H26N2O/c1-17-16(12-18(2)14-6-4-5-7-14)13-8-10-15(19-3)11-9-13/h8-11,14,16-17H,4-7,12H2,1-3H3. The minimum Gasteiger partial charge on any atom is -0.497 e. The van der Waals surface area contributed by atoms with Gasteiger partial charge in [-0.15, -0.1) is 0 Å². The van der Waals surface area contributed by atoms with Crippen molar-refractivity contribution in [3.63, 3.8) is 0 Å². The van der Waals surface area contributed by atoms with Crippen LogP contribution in [0.15, 0.2) is 24.3 Å². The first-order valence-corrected chi connectivity index (χ1v) is 7.26. The maximum Gasteiger partial charge on any atom is 0.118 e. The molecular formula is C16H26N2O. The van der Waals surface area contributed by atoms with Crippen LogP contribution in [-0.4, -0.2) is 38.7 Å². The fraction of sp³-hybridized carbons (Fsp3) is 0.625. The van der Waals surface area contributed by atoms with Crippen molar-refractivity contribution in [1.82, 2.24) is 10.2 Å². The average Bonchev–Trinajstić information content (AvgIpc) is 2.99. The molecule has 1 aliphatic carbocycles. The van der Waals surface area contributed by atoms with Gasteiger partial charge in [0.15, 0.2) is 0 Å². The molecule has 1 saturated carbocycles. The Hall–Kier alpha value is -1.06. The summed E-state index contributed by atoms with van der Waals surface area (Å²) in [5, 5.41) is 3.43. The molecule has 0 bridgehead atoms. The second-order valence-corrected chi connectivity index (χ2v) is 5.49. The molecule has 1 atom stereocenters. The van der Waals surface area contributed by atoms with Crippen LogP contribution in [0.1, 0.15) is 37.3 Å². The van der Waals surface area contributed by atoms with Crippen molar-refractivity contribution in [3.05, 3.63) is 29.8 Å². The molecule has 1 aromatic carbocycles. The monoisotopic (exact) mass is 262 g/mol. The van der Waals surface area contributed by atoms with Crippen LogP contribution in [0.4, 0.5) is 0 Å². The highest BCUT2D eigenvalue weighted by atomic mass is 16.5. The van der Waals surface area contributed by atoms with Crippen molar-refractivity contribution in [3.8, 4) is 5.75 Å². The molecule has 3 heteroatoms. The highest BCUT2D eigenvalue weighted by Gasteiger charge is 2.22. The van der Waals surface area contributed by atoms with Crippen LogP contribution in [0.2, 0.25) is 0 Å². The first-order valence-electron chi connectivity index (χ1n) is 7.26. The predicted octanol–water partition coefficient (Wildman–Crippen LogP) is 2.83. The van der Waals surface area contributed by atoms with E-state index in [0.29, 0.717) is 6.04 Å². The third-order valence-corrected chi connectivity index (χ3v) is 4.29. The van der Waals surface area contributed by atoms with E-state index in [1.54, 1.807) is 7.11 Å². The predicted molar refractivity (Wildman–Crippen MR) is 79.7 cm³/mol. The van der Waals surface area contributed by atoms with E-state index in [9.17, 15) is 0 Å². The zero-order chi connectivity index (χ0) is 13.7. The Kier molecular flexibility index (Phi) is 5.23. The Morgan fingerprint density at radius 3 is 2.42 bits per heavy atom. The molecule has 0 aromatic heterocycles. The largest absolute Gasteiger partial charge is 0.497 e. The molecule has 0 spiro atoms. The number of hydrogen-bond donors (Lipinski definition) is 1. The van der Waals surface area contributed by atoms with Crippen LogP contribution < -0.4 is 10.1 Å². The summed E-state index contributed by atoms with van der Waals surface area (Å²) in [6.45, 7) is 1.06. The van der Waals surface area contributed by atoms with Gasteiger partial charge in [0.05, 0.1) is 7.11 Å². The Morgan fingerprint density at radius 2 is 1.89 bits per heavy atom. The Morgan fingerprint density at radius 1 is 1.26 bits per heavy atom. The second kappa shape index (κ2) is 6.92. The number of methoxy groups -OCH3 is 1. The Labute approximate surface area is 116 Å². The molecule has 0 radical (unpaired) electrons. The zero-order valence-corrected chi connectivity index (χ0v) is 12.4. The van der Waals surface area contributed by atoms with Gasteiger partial charge in [0.25, 0.3) is 0 Å². The van der Waals surface area contributed by atoms with Gasteiger partial charge < -0.3 is 15.0 Å². The highest BCUT2D eigenvalue weighted by Crippen LogP contribution is 2.25. The van der Waals surface area contributed by atoms with E-state index in [0.717, 1.165) is 18.3 Å². The van der Waals surface area contributed by atoms with Crippen molar-refractivity contribution >= 4 is 0 Å². The molecule has 106 valence electrons. The number of nitrogens with one attached hydrogen (secondary N) is 1. The number of rotatable bonds is 6. The number of benzene rings is 1. The van der Waals surface area contributed by atoms with E-state index in [1.807, 2.05) is 19.2 Å². The lowest BCUT2D eigenvalue weighted by atomic mass is 10.1. The molecule has 1 N–H and O–H groups in total. The van der Waals surface area contributed by atoms with E-state index >= 15 is 0 Å². The van der Waals surface area contributed by atoms with E-state index in [-0.39, 0.29) is 0 Å². The first-order chi connectivity index (χ1) is 9.24. The molecule has 19 heavy (non-hydrogen) atoms. The molecule has 0 amide bonds. The summed E-state index contributed by atoms with van der Waals surface area (Å²) in [6.07, 6.45) is 5.49. The lowest BCUT2D eigenvalue weighted by Gasteiger charge is -2.29. The zero-order valence-electron chi connectivity index (χ0n) is 12.4. The van der Waals surface area contributed by atoms with Crippen LogP contribution in [0.5, 0.6) is 5.75 Å². The van der Waals surface area contributed by atoms with Gasteiger partial charge in [-0.1, -0.05) is 25.0 Å². The first kappa shape index (κ1) is 14.4. The number of hydrogen-bond acceptors (Lipinski definition) is 3. The minimum absolute atomic E-state index is 0.386. The van der Waals surface area contributed by atoms with E-state index in [1.165, 1.54) is 31.2 Å². The van der Waals surface area contributed by atoms with Gasteiger partial charge in [0.2, 0.25) is 0 Å². The fourth-order valence-corrected chi connectivity index (χ4v) is 2.98. The lowest BCUT2D eigenvalue weighted by molar-refractivity contribution is 0.222. The minimum atomic E-state index is 0.386. The highest BCUT2D eigenvalue weighted by molar-refractivity contribution is 5.29. The molecule has 3 nitrogen and oxygen atoms in total. The lowest BCUT2D eigenvalue weighted by Crippen LogP contribution is -2.36. The third kappa shape index (κ3) is 3.71. The van der Waals surface area contributed by atoms with Crippen LogP contribution in [0.3, 0.4) is 0 Å². The van der Waals surface area contributed by atoms with Gasteiger partial charge in [-0.2, -0.15) is 0 Å². The topological polar surface area (TPSA) is 24.5 Å². The summed E-state index contributed by atoms with van der Waals surface area (Å²) in [5.41, 5.74) is 1.33. The summed E-state index contributed by atoms with van der Waals surface area (Å²) in [6, 6.07) is 9.54. The third-order valence-electron chi connectivity index (χ3n) is 4.29. The van der Waals surface area contributed by atoms with Crippen molar-refractivity contribution in [2.24, 2.45) is 0 Å². The van der Waals surface area contributed by atoms with E-state index < -0.39 is 0 Å². The second-order valence-electron chi connectivity index (χ2n) is 5.49. The van der Waals surface area contributed by atoms with Crippen LogP contribution in [-0.2, 0) is 0 Å². The molecule has 1 unspecified atom stereocenters. The maximum absolute atomic E-state index is 5.21. The summed E-state index contributed by atoms with van der Waals surface area (Å²) in [5.74, 6) is 0.919. The SMILES string of the molecule is CNC(CN(C)C1CCCC1)c1ccc(OC)cc1. The van der Waals surface area contributed by atoms with Crippen molar-refractivity contribution < 1.29 is 4.74 Å². The number of nitrogens with zero attached hydrogens (tertiary/aromatic N) is 1. The van der Waals surface area contributed by atoms with Crippen molar-refractivity contribution in [2.75, 3.05) is 27.7 Å². The summed E-state index contributed by atoms with van der Waals surface area (Å²) in [7, 11) is 6.00. The van der Waals surface area contributed by atoms with Crippen LogP contribution in [0, 0.1) is 0 Å². The molecule has 1 aliphatic rings. The normalized spacial score (nSPS) is 17.9. The molecular weight excluding hydrogens is 236 g/mol. The fourth-order valence-electron chi connectivity index (χ4n) is 2.98. The van der Waals surface area contributed by atoms with Gasteiger partial charge in [-0.3, -0.25) is 0 Å². The van der Waals surface area contributed by atoms with Crippen LogP contribution in [0.25, 0.3) is 0 Å². The Bertz CT molecular complexity index is 371. The average molecular weight is 262 g/mol. The molecule has 0 aliphatic heterocycles. The van der Waals surface area contributed by atoms with Gasteiger partial charge in [0, 0.05) is 18.6 Å². The van der Waals surface area contributed by atoms with Gasteiger partial charge in [0.1, 0.15) is 5.75 Å². The van der Waals surface area contributed by atoms with Gasteiger partial charge in [-0.05, 0) is 44.6 Å². The Balaban J connectivity index is 1.97. The van der Waals surface area contributed by atoms with E-state index in [2.05, 4.69) is 29.4 Å². The van der Waals surface area contributed by atoms with Gasteiger partial charge in [-0.25, -0.2) is 0 Å². The summed E-state index contributed by atoms with van der Waals surface area (Å²) in [4.78, 5) is 2.51. The molecule has 0 saturated heterocycles. The van der Waals surface area contributed by atoms with Crippen LogP contribution >= 0.6 is 0 Å². The van der Waals surface area contributed by atoms with E-state index in [4.69, 9.17) is 4.74 Å². The molecule has 0 heterocycles. The van der Waals surface area contributed by atoms with Gasteiger partial charge >= 0.3 is 0 Å². The van der Waals surface area contributed by atoms with Crippen molar-refractivity contribution in [1.29, 1.82) is 0 Å².